The summed E-state index contributed by atoms with van der Waals surface area (Å²) >= 11 is 0. The topological polar surface area (TPSA) is 90.6 Å². The van der Waals surface area contributed by atoms with Crippen LogP contribution in [0.5, 0.6) is 11.5 Å². The van der Waals surface area contributed by atoms with Crippen molar-refractivity contribution >= 4 is 23.6 Å². The number of benzene rings is 2. The van der Waals surface area contributed by atoms with Crippen molar-refractivity contribution in [2.24, 2.45) is 5.73 Å². The third kappa shape index (κ3) is 5.33. The van der Waals surface area contributed by atoms with Gasteiger partial charge in [0.1, 0.15) is 5.82 Å². The van der Waals surface area contributed by atoms with Crippen LogP contribution < -0.4 is 20.5 Å². The van der Waals surface area contributed by atoms with Gasteiger partial charge in [-0.05, 0) is 56.7 Å². The first-order valence-corrected chi connectivity index (χ1v) is 8.65. The van der Waals surface area contributed by atoms with Gasteiger partial charge < -0.3 is 20.5 Å². The molecule has 0 aliphatic rings. The zero-order valence-electron chi connectivity index (χ0n) is 16.2. The number of carbonyl (C=O) groups excluding carboxylic acids is 2. The largest absolute Gasteiger partial charge is 0.493 e. The molecule has 0 unspecified atom stereocenters. The van der Waals surface area contributed by atoms with Gasteiger partial charge in [0.15, 0.2) is 11.5 Å². The Morgan fingerprint density at radius 1 is 1.18 bits per heavy atom. The third-order valence-electron chi connectivity index (χ3n) is 3.86. The number of rotatable bonds is 7. The average molecular weight is 386 g/mol. The minimum atomic E-state index is -0.777. The van der Waals surface area contributed by atoms with Gasteiger partial charge in [-0.15, -0.1) is 0 Å². The van der Waals surface area contributed by atoms with Crippen molar-refractivity contribution in [3.05, 3.63) is 58.9 Å². The first-order chi connectivity index (χ1) is 13.2. The molecule has 2 aromatic rings. The SMILES string of the molecule is COc1cc(/C=C/C(=O)Nc2cc(C(N)=O)cc(F)c2C)ccc1OC(C)C. The van der Waals surface area contributed by atoms with Gasteiger partial charge in [-0.25, -0.2) is 4.39 Å². The molecule has 0 saturated heterocycles. The van der Waals surface area contributed by atoms with E-state index in [1.54, 1.807) is 24.3 Å². The van der Waals surface area contributed by atoms with Crippen LogP contribution in [-0.2, 0) is 4.79 Å². The van der Waals surface area contributed by atoms with E-state index < -0.39 is 17.6 Å². The molecule has 0 atom stereocenters. The fourth-order valence-corrected chi connectivity index (χ4v) is 2.44. The predicted molar refractivity (Wildman–Crippen MR) is 106 cm³/mol. The van der Waals surface area contributed by atoms with E-state index in [9.17, 15) is 14.0 Å². The number of anilines is 1. The highest BCUT2D eigenvalue weighted by Gasteiger charge is 2.12. The Balaban J connectivity index is 2.17. The summed E-state index contributed by atoms with van der Waals surface area (Å²) in [7, 11) is 1.53. The molecule has 7 heteroatoms. The predicted octanol–water partition coefficient (Wildman–Crippen LogP) is 3.68. The molecule has 3 N–H and O–H groups in total. The second-order valence-electron chi connectivity index (χ2n) is 6.39. The van der Waals surface area contributed by atoms with Crippen LogP contribution in [-0.4, -0.2) is 25.0 Å². The van der Waals surface area contributed by atoms with Crippen LogP contribution in [0.15, 0.2) is 36.4 Å². The lowest BCUT2D eigenvalue weighted by atomic mass is 10.1. The van der Waals surface area contributed by atoms with E-state index in [2.05, 4.69) is 5.32 Å². The molecule has 0 aromatic heterocycles. The smallest absolute Gasteiger partial charge is 0.248 e. The van der Waals surface area contributed by atoms with Crippen LogP contribution in [0.3, 0.4) is 0 Å². The second-order valence-corrected chi connectivity index (χ2v) is 6.39. The van der Waals surface area contributed by atoms with Gasteiger partial charge in [0.05, 0.1) is 13.2 Å². The van der Waals surface area contributed by atoms with E-state index >= 15 is 0 Å². The van der Waals surface area contributed by atoms with Gasteiger partial charge in [-0.2, -0.15) is 0 Å². The number of ether oxygens (including phenoxy) is 2. The average Bonchev–Trinajstić information content (AvgIpc) is 2.63. The van der Waals surface area contributed by atoms with E-state index in [0.29, 0.717) is 11.5 Å². The maximum atomic E-state index is 13.9. The number of primary amides is 1. The molecule has 0 spiro atoms. The van der Waals surface area contributed by atoms with Crippen molar-refractivity contribution in [3.8, 4) is 11.5 Å². The molecule has 0 saturated carbocycles. The highest BCUT2D eigenvalue weighted by molar-refractivity contribution is 6.03. The molecule has 0 fully saturated rings. The highest BCUT2D eigenvalue weighted by atomic mass is 19.1. The Kier molecular flexibility index (Phi) is 6.76. The standard InChI is InChI=1S/C21H23FN2O4/c1-12(2)28-18-7-5-14(9-19(18)27-4)6-8-20(25)24-17-11-15(21(23)26)10-16(22)13(17)3/h5-12H,1-4H3,(H2,23,26)(H,24,25)/b8-6+. The summed E-state index contributed by atoms with van der Waals surface area (Å²) in [5, 5.41) is 2.55. The first-order valence-electron chi connectivity index (χ1n) is 8.65. The lowest BCUT2D eigenvalue weighted by Gasteiger charge is -2.13. The molecule has 0 bridgehead atoms. The number of hydrogen-bond donors (Lipinski definition) is 2. The second kappa shape index (κ2) is 9.03. The molecular formula is C21H23FN2O4. The number of nitrogens with two attached hydrogens (primary N) is 1. The van der Waals surface area contributed by atoms with Crippen LogP contribution in [0, 0.1) is 12.7 Å². The lowest BCUT2D eigenvalue weighted by Crippen LogP contribution is -2.15. The fourth-order valence-electron chi connectivity index (χ4n) is 2.44. The number of halogens is 1. The Morgan fingerprint density at radius 2 is 1.89 bits per heavy atom. The number of amides is 2. The van der Waals surface area contributed by atoms with Crippen molar-refractivity contribution in [2.75, 3.05) is 12.4 Å². The number of carbonyl (C=O) groups is 2. The minimum absolute atomic E-state index is 0.000806. The van der Waals surface area contributed by atoms with E-state index in [1.807, 2.05) is 13.8 Å². The Labute approximate surface area is 163 Å². The van der Waals surface area contributed by atoms with Crippen molar-refractivity contribution in [1.29, 1.82) is 0 Å². The van der Waals surface area contributed by atoms with Crippen LogP contribution in [0.4, 0.5) is 10.1 Å². The summed E-state index contributed by atoms with van der Waals surface area (Å²) < 4.78 is 24.9. The molecule has 0 aliphatic carbocycles. The van der Waals surface area contributed by atoms with Gasteiger partial charge >= 0.3 is 0 Å². The number of nitrogens with one attached hydrogen (secondary N) is 1. The molecule has 28 heavy (non-hydrogen) atoms. The van der Waals surface area contributed by atoms with Crippen LogP contribution in [0.1, 0.15) is 35.3 Å². The molecule has 2 amide bonds. The molecule has 0 heterocycles. The zero-order chi connectivity index (χ0) is 20.8. The molecule has 0 radical (unpaired) electrons. The summed E-state index contributed by atoms with van der Waals surface area (Å²) in [4.78, 5) is 23.5. The molecule has 0 aliphatic heterocycles. The lowest BCUT2D eigenvalue weighted by molar-refractivity contribution is -0.111. The third-order valence-corrected chi connectivity index (χ3v) is 3.86. The summed E-state index contributed by atoms with van der Waals surface area (Å²) in [5.41, 5.74) is 6.27. The number of methoxy groups -OCH3 is 1. The quantitative estimate of drug-likeness (QED) is 0.710. The van der Waals surface area contributed by atoms with Crippen molar-refractivity contribution in [2.45, 2.75) is 26.9 Å². The van der Waals surface area contributed by atoms with E-state index in [0.717, 1.165) is 11.6 Å². The Morgan fingerprint density at radius 3 is 2.50 bits per heavy atom. The van der Waals surface area contributed by atoms with Crippen LogP contribution in [0.2, 0.25) is 0 Å². The molecular weight excluding hydrogens is 363 g/mol. The summed E-state index contributed by atoms with van der Waals surface area (Å²) in [6.07, 6.45) is 2.88. The molecule has 2 rings (SSSR count). The Hall–Kier alpha value is -3.35. The fraction of sp³-hybridized carbons (Fsp3) is 0.238. The van der Waals surface area contributed by atoms with Crippen LogP contribution >= 0.6 is 0 Å². The summed E-state index contributed by atoms with van der Waals surface area (Å²) in [5.74, 6) is -0.732. The molecule has 148 valence electrons. The normalized spacial score (nSPS) is 10.9. The van der Waals surface area contributed by atoms with Gasteiger partial charge in [0.2, 0.25) is 11.8 Å². The van der Waals surface area contributed by atoms with Gasteiger partial charge in [-0.1, -0.05) is 6.07 Å². The van der Waals surface area contributed by atoms with E-state index in [4.69, 9.17) is 15.2 Å². The number of hydrogen-bond acceptors (Lipinski definition) is 4. The van der Waals surface area contributed by atoms with Gasteiger partial charge in [0.25, 0.3) is 0 Å². The zero-order valence-corrected chi connectivity index (χ0v) is 16.2. The van der Waals surface area contributed by atoms with Crippen molar-refractivity contribution in [3.63, 3.8) is 0 Å². The Bertz CT molecular complexity index is 923. The van der Waals surface area contributed by atoms with E-state index in [1.165, 1.54) is 26.2 Å². The minimum Gasteiger partial charge on any atom is -0.493 e. The summed E-state index contributed by atoms with van der Waals surface area (Å²) in [6.45, 7) is 5.32. The summed E-state index contributed by atoms with van der Waals surface area (Å²) in [6, 6.07) is 7.65. The van der Waals surface area contributed by atoms with Gasteiger partial charge in [-0.3, -0.25) is 9.59 Å². The molecule has 2 aromatic carbocycles. The van der Waals surface area contributed by atoms with Crippen LogP contribution in [0.25, 0.3) is 6.08 Å². The highest BCUT2D eigenvalue weighted by Crippen LogP contribution is 2.29. The maximum Gasteiger partial charge on any atom is 0.248 e. The van der Waals surface area contributed by atoms with Crippen molar-refractivity contribution < 1.29 is 23.5 Å². The van der Waals surface area contributed by atoms with Gasteiger partial charge in [0, 0.05) is 22.9 Å². The first kappa shape index (κ1) is 21.0. The monoisotopic (exact) mass is 386 g/mol. The molecule has 6 nitrogen and oxygen atoms in total. The maximum absolute atomic E-state index is 13.9. The van der Waals surface area contributed by atoms with E-state index in [-0.39, 0.29) is 22.9 Å². The van der Waals surface area contributed by atoms with Crippen molar-refractivity contribution in [1.82, 2.24) is 0 Å².